The van der Waals surface area contributed by atoms with E-state index in [0.29, 0.717) is 12.1 Å². The van der Waals surface area contributed by atoms with Crippen molar-refractivity contribution in [1.82, 2.24) is 0 Å². The van der Waals surface area contributed by atoms with Crippen LogP contribution in [0.1, 0.15) is 50.4 Å². The van der Waals surface area contributed by atoms with Crippen LogP contribution < -0.4 is 4.90 Å². The van der Waals surface area contributed by atoms with Gasteiger partial charge < -0.3 is 4.90 Å². The van der Waals surface area contributed by atoms with Crippen molar-refractivity contribution in [3.63, 3.8) is 0 Å². The normalized spacial score (nSPS) is 24.1. The Morgan fingerprint density at radius 1 is 1.35 bits per heavy atom. The fourth-order valence-corrected chi connectivity index (χ4v) is 2.90. The lowest BCUT2D eigenvalue weighted by molar-refractivity contribution is 0.101. The summed E-state index contributed by atoms with van der Waals surface area (Å²) in [4.78, 5) is 14.1. The lowest BCUT2D eigenvalue weighted by atomic mass is 10.1. The van der Waals surface area contributed by atoms with Crippen molar-refractivity contribution in [3.05, 3.63) is 29.8 Å². The second-order valence-corrected chi connectivity index (χ2v) is 4.97. The van der Waals surface area contributed by atoms with Gasteiger partial charge >= 0.3 is 0 Å². The number of nitrogens with zero attached hydrogens (tertiary/aromatic N) is 1. The van der Waals surface area contributed by atoms with Gasteiger partial charge in [0.05, 0.1) is 0 Å². The Balaban J connectivity index is 2.41. The molecule has 2 rings (SSSR count). The number of ketones is 1. The van der Waals surface area contributed by atoms with Crippen molar-refractivity contribution >= 4 is 11.5 Å². The van der Waals surface area contributed by atoms with Crippen molar-refractivity contribution in [1.29, 1.82) is 0 Å². The van der Waals surface area contributed by atoms with E-state index in [9.17, 15) is 4.79 Å². The van der Waals surface area contributed by atoms with E-state index in [0.717, 1.165) is 17.7 Å². The van der Waals surface area contributed by atoms with Gasteiger partial charge in [-0.05, 0) is 45.2 Å². The van der Waals surface area contributed by atoms with E-state index in [1.807, 2.05) is 18.2 Å². The predicted octanol–water partition coefficient (Wildman–Crippen LogP) is 3.66. The average Bonchev–Trinajstić information content (AvgIpc) is 2.70. The van der Waals surface area contributed by atoms with Gasteiger partial charge in [0, 0.05) is 23.3 Å². The highest BCUT2D eigenvalue weighted by Gasteiger charge is 2.30. The molecule has 1 aromatic rings. The summed E-state index contributed by atoms with van der Waals surface area (Å²) in [6.45, 7) is 6.14. The van der Waals surface area contributed by atoms with E-state index in [1.165, 1.54) is 12.8 Å². The van der Waals surface area contributed by atoms with Crippen molar-refractivity contribution in [2.24, 2.45) is 0 Å². The maximum absolute atomic E-state index is 11.7. The number of hydrogen-bond donors (Lipinski definition) is 0. The molecule has 0 saturated carbocycles. The summed E-state index contributed by atoms with van der Waals surface area (Å²) in [6.07, 6.45) is 3.62. The van der Waals surface area contributed by atoms with Gasteiger partial charge in [-0.2, -0.15) is 0 Å². The largest absolute Gasteiger partial charge is 0.365 e. The van der Waals surface area contributed by atoms with Gasteiger partial charge in [0.1, 0.15) is 0 Å². The molecule has 1 saturated heterocycles. The summed E-state index contributed by atoms with van der Waals surface area (Å²) >= 11 is 0. The van der Waals surface area contributed by atoms with Gasteiger partial charge in [-0.3, -0.25) is 4.79 Å². The molecule has 0 aromatic heterocycles. The molecule has 0 N–H and O–H groups in total. The first kappa shape index (κ1) is 12.2. The second-order valence-electron chi connectivity index (χ2n) is 4.97. The minimum atomic E-state index is 0.162. The molecule has 92 valence electrons. The molecule has 0 radical (unpaired) electrons. The molecule has 1 heterocycles. The lowest BCUT2D eigenvalue weighted by Crippen LogP contribution is -2.35. The fraction of sp³-hybridized carbons (Fsp3) is 0.533. The molecular weight excluding hydrogens is 210 g/mol. The van der Waals surface area contributed by atoms with Crippen LogP contribution in [0.2, 0.25) is 0 Å². The molecule has 0 aliphatic carbocycles. The quantitative estimate of drug-likeness (QED) is 0.740. The number of para-hydroxylation sites is 1. The number of benzene rings is 1. The monoisotopic (exact) mass is 231 g/mol. The van der Waals surface area contributed by atoms with Gasteiger partial charge in [0.2, 0.25) is 0 Å². The van der Waals surface area contributed by atoms with Crippen molar-refractivity contribution in [2.45, 2.75) is 52.1 Å². The standard InChI is InChI=1S/C15H21NO/c1-4-13-10-9-11(2)16(13)15-8-6-5-7-14(15)12(3)17/h5-8,11,13H,4,9-10H2,1-3H3. The third-order valence-electron chi connectivity index (χ3n) is 3.82. The number of carbonyl (C=O) groups is 1. The van der Waals surface area contributed by atoms with Crippen LogP contribution in [-0.2, 0) is 0 Å². The van der Waals surface area contributed by atoms with Gasteiger partial charge in [-0.25, -0.2) is 0 Å². The van der Waals surface area contributed by atoms with Crippen LogP contribution in [0.3, 0.4) is 0 Å². The third kappa shape index (κ3) is 2.21. The van der Waals surface area contributed by atoms with Crippen LogP contribution in [0, 0.1) is 0 Å². The minimum Gasteiger partial charge on any atom is -0.365 e. The number of carbonyl (C=O) groups excluding carboxylic acids is 1. The van der Waals surface area contributed by atoms with Gasteiger partial charge in [-0.1, -0.05) is 19.1 Å². The van der Waals surface area contributed by atoms with Gasteiger partial charge in [-0.15, -0.1) is 0 Å². The van der Waals surface area contributed by atoms with Crippen molar-refractivity contribution in [2.75, 3.05) is 4.90 Å². The summed E-state index contributed by atoms with van der Waals surface area (Å²) in [5.74, 6) is 0.162. The molecule has 2 unspecified atom stereocenters. The molecular formula is C15H21NO. The van der Waals surface area contributed by atoms with Gasteiger partial charge in [0.15, 0.2) is 5.78 Å². The summed E-state index contributed by atoms with van der Waals surface area (Å²) in [7, 11) is 0. The topological polar surface area (TPSA) is 20.3 Å². The van der Waals surface area contributed by atoms with Crippen LogP contribution in [0.5, 0.6) is 0 Å². The Hall–Kier alpha value is -1.31. The van der Waals surface area contributed by atoms with Crippen LogP contribution in [0.4, 0.5) is 5.69 Å². The maximum Gasteiger partial charge on any atom is 0.161 e. The highest BCUT2D eigenvalue weighted by atomic mass is 16.1. The van der Waals surface area contributed by atoms with Crippen LogP contribution in [-0.4, -0.2) is 17.9 Å². The van der Waals surface area contributed by atoms with Crippen molar-refractivity contribution < 1.29 is 4.79 Å². The van der Waals surface area contributed by atoms with Gasteiger partial charge in [0.25, 0.3) is 0 Å². The molecule has 0 amide bonds. The number of anilines is 1. The van der Waals surface area contributed by atoms with Crippen LogP contribution in [0.15, 0.2) is 24.3 Å². The maximum atomic E-state index is 11.7. The Morgan fingerprint density at radius 3 is 2.71 bits per heavy atom. The average molecular weight is 231 g/mol. The highest BCUT2D eigenvalue weighted by molar-refractivity contribution is 5.99. The van der Waals surface area contributed by atoms with E-state index in [2.05, 4.69) is 24.8 Å². The first-order valence-electron chi connectivity index (χ1n) is 6.53. The van der Waals surface area contributed by atoms with E-state index in [4.69, 9.17) is 0 Å². The molecule has 17 heavy (non-hydrogen) atoms. The summed E-state index contributed by atoms with van der Waals surface area (Å²) < 4.78 is 0. The number of hydrogen-bond acceptors (Lipinski definition) is 2. The molecule has 2 nitrogen and oxygen atoms in total. The predicted molar refractivity (Wildman–Crippen MR) is 71.7 cm³/mol. The zero-order valence-corrected chi connectivity index (χ0v) is 10.9. The Labute approximate surface area is 104 Å². The first-order valence-corrected chi connectivity index (χ1v) is 6.53. The molecule has 0 spiro atoms. The fourth-order valence-electron chi connectivity index (χ4n) is 2.90. The van der Waals surface area contributed by atoms with Crippen LogP contribution in [0.25, 0.3) is 0 Å². The molecule has 1 aliphatic heterocycles. The van der Waals surface area contributed by atoms with E-state index in [1.54, 1.807) is 6.92 Å². The summed E-state index contributed by atoms with van der Waals surface area (Å²) in [5, 5.41) is 0. The molecule has 2 heteroatoms. The van der Waals surface area contributed by atoms with E-state index in [-0.39, 0.29) is 5.78 Å². The third-order valence-corrected chi connectivity index (χ3v) is 3.82. The van der Waals surface area contributed by atoms with E-state index >= 15 is 0 Å². The second kappa shape index (κ2) is 4.91. The zero-order valence-electron chi connectivity index (χ0n) is 10.9. The van der Waals surface area contributed by atoms with Crippen molar-refractivity contribution in [3.8, 4) is 0 Å². The number of rotatable bonds is 3. The van der Waals surface area contributed by atoms with Crippen LogP contribution >= 0.6 is 0 Å². The number of Topliss-reactive ketones (excluding diaryl/α,β-unsaturated/α-hetero) is 1. The summed E-state index contributed by atoms with van der Waals surface area (Å²) in [6, 6.07) is 9.13. The Bertz CT molecular complexity index is 413. The summed E-state index contributed by atoms with van der Waals surface area (Å²) in [5.41, 5.74) is 1.98. The Kier molecular flexibility index (Phi) is 3.51. The Morgan fingerprint density at radius 2 is 2.06 bits per heavy atom. The first-order chi connectivity index (χ1) is 8.15. The molecule has 1 fully saturated rings. The lowest BCUT2D eigenvalue weighted by Gasteiger charge is -2.31. The van der Waals surface area contributed by atoms with E-state index < -0.39 is 0 Å². The zero-order chi connectivity index (χ0) is 12.4. The molecule has 2 atom stereocenters. The minimum absolute atomic E-state index is 0.162. The SMILES string of the molecule is CCC1CCC(C)N1c1ccccc1C(C)=O. The molecule has 1 aliphatic rings. The highest BCUT2D eigenvalue weighted by Crippen LogP contribution is 2.34. The smallest absolute Gasteiger partial charge is 0.161 e. The molecule has 0 bridgehead atoms. The molecule has 1 aromatic carbocycles.